The summed E-state index contributed by atoms with van der Waals surface area (Å²) in [5.74, 6) is -1.18. The molecule has 2 rings (SSSR count). The molecule has 0 spiro atoms. The second kappa shape index (κ2) is 4.72. The van der Waals surface area contributed by atoms with Gasteiger partial charge in [0, 0.05) is 24.0 Å². The Morgan fingerprint density at radius 1 is 1.11 bits per heavy atom. The zero-order valence-electron chi connectivity index (χ0n) is 11.1. The highest BCUT2D eigenvalue weighted by atomic mass is 16.4. The van der Waals surface area contributed by atoms with Crippen molar-refractivity contribution in [3.8, 4) is 11.1 Å². The molecule has 1 aromatic heterocycles. The zero-order valence-corrected chi connectivity index (χ0v) is 11.1. The minimum absolute atomic E-state index is 0.160. The van der Waals surface area contributed by atoms with E-state index in [2.05, 4.69) is 0 Å². The van der Waals surface area contributed by atoms with Gasteiger partial charge in [-0.1, -0.05) is 30.3 Å². The number of pyridine rings is 1. The second-order valence-corrected chi connectivity index (χ2v) is 4.48. The predicted octanol–water partition coefficient (Wildman–Crippen LogP) is 2.37. The Morgan fingerprint density at radius 2 is 1.68 bits per heavy atom. The van der Waals surface area contributed by atoms with Crippen molar-refractivity contribution in [1.29, 1.82) is 0 Å². The van der Waals surface area contributed by atoms with Crippen LogP contribution >= 0.6 is 0 Å². The predicted molar refractivity (Wildman–Crippen MR) is 73.6 cm³/mol. The van der Waals surface area contributed by atoms with E-state index in [4.69, 9.17) is 0 Å². The molecule has 1 aromatic carbocycles. The van der Waals surface area contributed by atoms with Crippen LogP contribution in [0.15, 0.2) is 35.1 Å². The Labute approximate surface area is 110 Å². The lowest BCUT2D eigenvalue weighted by Gasteiger charge is -2.16. The van der Waals surface area contributed by atoms with Crippen LogP contribution in [0.2, 0.25) is 0 Å². The van der Waals surface area contributed by atoms with Crippen LogP contribution in [-0.2, 0) is 7.05 Å². The molecule has 0 atom stereocenters. The first-order valence-electron chi connectivity index (χ1n) is 5.94. The van der Waals surface area contributed by atoms with Gasteiger partial charge in [-0.3, -0.25) is 4.79 Å². The number of nitrogens with zero attached hydrogens (tertiary/aromatic N) is 1. The second-order valence-electron chi connectivity index (χ2n) is 4.48. The van der Waals surface area contributed by atoms with Crippen LogP contribution in [0.3, 0.4) is 0 Å². The van der Waals surface area contributed by atoms with E-state index in [9.17, 15) is 14.7 Å². The lowest BCUT2D eigenvalue weighted by Crippen LogP contribution is -2.24. The summed E-state index contributed by atoms with van der Waals surface area (Å²) >= 11 is 0. The number of carboxylic acids is 1. The third kappa shape index (κ3) is 2.05. The smallest absolute Gasteiger partial charge is 0.341 e. The molecule has 4 nitrogen and oxygen atoms in total. The fraction of sp³-hybridized carbons (Fsp3) is 0.200. The maximum absolute atomic E-state index is 12.4. The van der Waals surface area contributed by atoms with Gasteiger partial charge in [0.05, 0.1) is 0 Å². The summed E-state index contributed by atoms with van der Waals surface area (Å²) in [7, 11) is 1.77. The molecule has 0 unspecified atom stereocenters. The van der Waals surface area contributed by atoms with Gasteiger partial charge in [0.1, 0.15) is 5.56 Å². The molecule has 0 aliphatic rings. The lowest BCUT2D eigenvalue weighted by atomic mass is 9.99. The Balaban J connectivity index is 2.90. The van der Waals surface area contributed by atoms with Crippen molar-refractivity contribution in [2.75, 3.05) is 0 Å². The van der Waals surface area contributed by atoms with E-state index >= 15 is 0 Å². The molecule has 19 heavy (non-hydrogen) atoms. The number of hydrogen-bond acceptors (Lipinski definition) is 2. The normalized spacial score (nSPS) is 10.5. The van der Waals surface area contributed by atoms with Gasteiger partial charge in [-0.05, 0) is 19.4 Å². The fourth-order valence-electron chi connectivity index (χ4n) is 2.24. The summed E-state index contributed by atoms with van der Waals surface area (Å²) in [4.78, 5) is 23.7. The van der Waals surface area contributed by atoms with Gasteiger partial charge in [0.15, 0.2) is 0 Å². The van der Waals surface area contributed by atoms with Gasteiger partial charge in [0.25, 0.3) is 0 Å². The third-order valence-corrected chi connectivity index (χ3v) is 3.46. The van der Waals surface area contributed by atoms with Crippen molar-refractivity contribution >= 4 is 5.97 Å². The average molecular weight is 257 g/mol. The monoisotopic (exact) mass is 257 g/mol. The van der Waals surface area contributed by atoms with Crippen molar-refractivity contribution in [2.24, 2.45) is 7.05 Å². The summed E-state index contributed by atoms with van der Waals surface area (Å²) in [6.45, 7) is 3.47. The highest BCUT2D eigenvalue weighted by molar-refractivity contribution is 5.90. The van der Waals surface area contributed by atoms with E-state index < -0.39 is 11.4 Å². The fourth-order valence-corrected chi connectivity index (χ4v) is 2.24. The molecule has 1 N–H and O–H groups in total. The number of aromatic carboxylic acids is 1. The topological polar surface area (TPSA) is 59.3 Å². The molecular weight excluding hydrogens is 242 g/mol. The molecule has 0 aliphatic heterocycles. The van der Waals surface area contributed by atoms with Crippen molar-refractivity contribution in [3.05, 3.63) is 57.5 Å². The average Bonchev–Trinajstić information content (AvgIpc) is 2.37. The number of benzene rings is 1. The first kappa shape index (κ1) is 13.1. The largest absolute Gasteiger partial charge is 0.477 e. The number of rotatable bonds is 2. The summed E-state index contributed by atoms with van der Waals surface area (Å²) < 4.78 is 1.74. The van der Waals surface area contributed by atoms with Crippen LogP contribution in [0, 0.1) is 13.8 Å². The van der Waals surface area contributed by atoms with E-state index in [1.54, 1.807) is 18.5 Å². The van der Waals surface area contributed by atoms with E-state index in [-0.39, 0.29) is 5.56 Å². The minimum Gasteiger partial charge on any atom is -0.477 e. The van der Waals surface area contributed by atoms with Crippen LogP contribution in [0.25, 0.3) is 11.1 Å². The van der Waals surface area contributed by atoms with E-state index in [0.717, 1.165) is 11.3 Å². The minimum atomic E-state index is -1.18. The van der Waals surface area contributed by atoms with E-state index in [1.165, 1.54) is 0 Å². The van der Waals surface area contributed by atoms with Crippen LogP contribution in [0.5, 0.6) is 0 Å². The van der Waals surface area contributed by atoms with Crippen molar-refractivity contribution < 1.29 is 9.90 Å². The maximum atomic E-state index is 12.4. The summed E-state index contributed by atoms with van der Waals surface area (Å²) in [5.41, 5.74) is 1.83. The highest BCUT2D eigenvalue weighted by Gasteiger charge is 2.20. The van der Waals surface area contributed by atoms with Gasteiger partial charge >= 0.3 is 5.97 Å². The van der Waals surface area contributed by atoms with Gasteiger partial charge in [-0.25, -0.2) is 4.79 Å². The first-order valence-corrected chi connectivity index (χ1v) is 5.94. The lowest BCUT2D eigenvalue weighted by molar-refractivity contribution is 0.0693. The summed E-state index contributed by atoms with van der Waals surface area (Å²) in [6.07, 6.45) is 0. The Hall–Kier alpha value is -2.36. The van der Waals surface area contributed by atoms with E-state index in [0.29, 0.717) is 11.3 Å². The number of carboxylic acid groups (broad SMARTS) is 1. The zero-order chi connectivity index (χ0) is 14.2. The highest BCUT2D eigenvalue weighted by Crippen LogP contribution is 2.21. The molecule has 1 heterocycles. The van der Waals surface area contributed by atoms with Gasteiger partial charge < -0.3 is 9.67 Å². The Morgan fingerprint density at radius 3 is 2.21 bits per heavy atom. The van der Waals surface area contributed by atoms with Crippen LogP contribution < -0.4 is 5.43 Å². The number of aromatic nitrogens is 1. The molecular formula is C15H15NO3. The Bertz CT molecular complexity index is 700. The quantitative estimate of drug-likeness (QED) is 0.898. The first-order chi connectivity index (χ1) is 8.95. The summed E-state index contributed by atoms with van der Waals surface area (Å²) in [5, 5.41) is 9.22. The Kier molecular flexibility index (Phi) is 3.25. The number of hydrogen-bond donors (Lipinski definition) is 1. The molecule has 0 radical (unpaired) electrons. The van der Waals surface area contributed by atoms with Gasteiger partial charge in [-0.15, -0.1) is 0 Å². The van der Waals surface area contributed by atoms with Crippen LogP contribution in [-0.4, -0.2) is 15.6 Å². The van der Waals surface area contributed by atoms with Crippen molar-refractivity contribution in [1.82, 2.24) is 4.57 Å². The third-order valence-electron chi connectivity index (χ3n) is 3.46. The SMILES string of the molecule is Cc1c(C(=O)O)c(=O)c(-c2ccccc2)c(C)n1C. The molecule has 2 aromatic rings. The molecule has 0 fully saturated rings. The molecule has 0 saturated heterocycles. The molecule has 0 saturated carbocycles. The van der Waals surface area contributed by atoms with E-state index in [1.807, 2.05) is 37.3 Å². The molecule has 0 bridgehead atoms. The molecule has 0 amide bonds. The molecule has 0 aliphatic carbocycles. The molecule has 98 valence electrons. The van der Waals surface area contributed by atoms with Crippen molar-refractivity contribution in [3.63, 3.8) is 0 Å². The van der Waals surface area contributed by atoms with Gasteiger partial charge in [0.2, 0.25) is 5.43 Å². The van der Waals surface area contributed by atoms with Gasteiger partial charge in [-0.2, -0.15) is 0 Å². The maximum Gasteiger partial charge on any atom is 0.341 e. The van der Waals surface area contributed by atoms with Crippen LogP contribution in [0.4, 0.5) is 0 Å². The standard InChI is InChI=1S/C15H15NO3/c1-9-12(11-7-5-4-6-8-11)14(17)13(15(18)19)10(2)16(9)3/h4-8H,1-3H3,(H,18,19). The van der Waals surface area contributed by atoms with Crippen molar-refractivity contribution in [2.45, 2.75) is 13.8 Å². The number of carbonyl (C=O) groups is 1. The molecule has 4 heteroatoms. The summed E-state index contributed by atoms with van der Waals surface area (Å²) in [6, 6.07) is 9.13. The van der Waals surface area contributed by atoms with Crippen LogP contribution in [0.1, 0.15) is 21.7 Å².